The minimum Gasteiger partial charge on any atom is -0.462 e. The number of hydrogen-bond acceptors (Lipinski definition) is 3. The first-order valence-electron chi connectivity index (χ1n) is 9.43. The highest BCUT2D eigenvalue weighted by Crippen LogP contribution is 2.59. The molecule has 0 aromatic carbocycles. The van der Waals surface area contributed by atoms with Crippen LogP contribution in [0.3, 0.4) is 0 Å². The predicted octanol–water partition coefficient (Wildman–Crippen LogP) is 5.09. The van der Waals surface area contributed by atoms with Crippen molar-refractivity contribution in [1.82, 2.24) is 0 Å². The van der Waals surface area contributed by atoms with E-state index in [-0.39, 0.29) is 22.9 Å². The highest BCUT2D eigenvalue weighted by molar-refractivity contribution is 5.66. The lowest BCUT2D eigenvalue weighted by molar-refractivity contribution is -0.159. The van der Waals surface area contributed by atoms with Crippen LogP contribution in [-0.2, 0) is 14.3 Å². The van der Waals surface area contributed by atoms with Crippen molar-refractivity contribution < 1.29 is 14.3 Å². The normalized spacial score (nSPS) is 42.5. The van der Waals surface area contributed by atoms with Gasteiger partial charge in [-0.3, -0.25) is 4.79 Å². The van der Waals surface area contributed by atoms with E-state index in [1.54, 1.807) is 0 Å². The summed E-state index contributed by atoms with van der Waals surface area (Å²) in [5, 5.41) is 0. The molecule has 2 aliphatic rings. The molecule has 0 aromatic heterocycles. The smallest absolute Gasteiger partial charge is 0.302 e. The number of esters is 1. The van der Waals surface area contributed by atoms with E-state index >= 15 is 0 Å². The summed E-state index contributed by atoms with van der Waals surface area (Å²) in [6.07, 6.45) is 10.8. The fraction of sp³-hybridized carbons (Fsp3) is 0.810. The monoisotopic (exact) mass is 334 g/mol. The van der Waals surface area contributed by atoms with Crippen molar-refractivity contribution in [3.8, 4) is 0 Å². The molecule has 0 saturated heterocycles. The Morgan fingerprint density at radius 2 is 2.00 bits per heavy atom. The minimum absolute atomic E-state index is 0.104. The van der Waals surface area contributed by atoms with Crippen molar-refractivity contribution in [2.75, 3.05) is 0 Å². The van der Waals surface area contributed by atoms with E-state index in [1.165, 1.54) is 13.3 Å². The Balaban J connectivity index is 2.40. The van der Waals surface area contributed by atoms with Crippen molar-refractivity contribution in [3.63, 3.8) is 0 Å². The molecule has 3 nitrogen and oxygen atoms in total. The van der Waals surface area contributed by atoms with Gasteiger partial charge in [0.1, 0.15) is 12.4 Å². The molecule has 2 aliphatic carbocycles. The summed E-state index contributed by atoms with van der Waals surface area (Å²) in [4.78, 5) is 22.8. The topological polar surface area (TPSA) is 43.4 Å². The van der Waals surface area contributed by atoms with Crippen LogP contribution < -0.4 is 0 Å². The van der Waals surface area contributed by atoms with E-state index in [4.69, 9.17) is 4.74 Å². The van der Waals surface area contributed by atoms with E-state index < -0.39 is 0 Å². The zero-order chi connectivity index (χ0) is 18.0. The van der Waals surface area contributed by atoms with Gasteiger partial charge in [-0.15, -0.1) is 6.58 Å². The standard InChI is InChI=1S/C21H34O3/c1-6-19(4)11-12-20(5)15-21(9-7-13-22,10-8-16(20)2)14-18(19)24-17(3)23/h6,13,16,18H,1,7-12,14-15H2,2-5H3/t16?,18?,19-,20+,21?/m1/s1. The molecule has 0 radical (unpaired) electrons. The summed E-state index contributed by atoms with van der Waals surface area (Å²) in [5.74, 6) is 0.479. The molecule has 3 heteroatoms. The van der Waals surface area contributed by atoms with Gasteiger partial charge in [0.25, 0.3) is 0 Å². The zero-order valence-electron chi connectivity index (χ0n) is 15.9. The highest BCUT2D eigenvalue weighted by atomic mass is 16.5. The quantitative estimate of drug-likeness (QED) is 0.400. The Labute approximate surface area is 147 Å². The first-order chi connectivity index (χ1) is 11.2. The van der Waals surface area contributed by atoms with Crippen molar-refractivity contribution in [2.45, 2.75) is 85.2 Å². The molecule has 2 saturated carbocycles. The molecule has 2 rings (SSSR count). The molecule has 0 heterocycles. The summed E-state index contributed by atoms with van der Waals surface area (Å²) >= 11 is 0. The van der Waals surface area contributed by atoms with Gasteiger partial charge in [0.15, 0.2) is 0 Å². The van der Waals surface area contributed by atoms with Gasteiger partial charge in [0, 0.05) is 18.8 Å². The van der Waals surface area contributed by atoms with E-state index in [0.717, 1.165) is 44.8 Å². The maximum Gasteiger partial charge on any atom is 0.302 e. The second kappa shape index (κ2) is 7.01. The number of carbonyl (C=O) groups is 2. The van der Waals surface area contributed by atoms with Gasteiger partial charge >= 0.3 is 5.97 Å². The molecule has 136 valence electrons. The Morgan fingerprint density at radius 1 is 1.29 bits per heavy atom. The van der Waals surface area contributed by atoms with Crippen molar-refractivity contribution in [2.24, 2.45) is 22.2 Å². The SMILES string of the molecule is C=C[C@]1(C)CC[C@@]2(C)CC(CCC=O)(CCC2C)CC1OC(C)=O. The average molecular weight is 335 g/mol. The maximum atomic E-state index is 11.7. The van der Waals surface area contributed by atoms with Crippen LogP contribution in [0.15, 0.2) is 12.7 Å². The van der Waals surface area contributed by atoms with Crippen LogP contribution in [0.25, 0.3) is 0 Å². The number of rotatable bonds is 5. The lowest BCUT2D eigenvalue weighted by atomic mass is 9.51. The number of ether oxygens (including phenoxy) is 1. The molecule has 0 aromatic rings. The maximum absolute atomic E-state index is 11.7. The van der Waals surface area contributed by atoms with Gasteiger partial charge in [-0.2, -0.15) is 0 Å². The summed E-state index contributed by atoms with van der Waals surface area (Å²) in [5.41, 5.74) is 0.205. The van der Waals surface area contributed by atoms with Crippen molar-refractivity contribution in [1.29, 1.82) is 0 Å². The third kappa shape index (κ3) is 3.75. The van der Waals surface area contributed by atoms with Crippen molar-refractivity contribution >= 4 is 12.3 Å². The highest BCUT2D eigenvalue weighted by Gasteiger charge is 2.51. The summed E-state index contributed by atoms with van der Waals surface area (Å²) in [6.45, 7) is 12.5. The van der Waals surface area contributed by atoms with Gasteiger partial charge in [0.2, 0.25) is 0 Å². The van der Waals surface area contributed by atoms with Crippen LogP contribution in [0.4, 0.5) is 0 Å². The van der Waals surface area contributed by atoms with E-state index in [1.807, 2.05) is 6.08 Å². The molecule has 2 bridgehead atoms. The summed E-state index contributed by atoms with van der Waals surface area (Å²) in [7, 11) is 0. The van der Waals surface area contributed by atoms with Gasteiger partial charge < -0.3 is 9.53 Å². The van der Waals surface area contributed by atoms with Crippen LogP contribution in [0.1, 0.15) is 79.1 Å². The molecule has 0 N–H and O–H groups in total. The molecular formula is C21H34O3. The predicted molar refractivity (Wildman–Crippen MR) is 96.6 cm³/mol. The van der Waals surface area contributed by atoms with Crippen LogP contribution in [-0.4, -0.2) is 18.4 Å². The van der Waals surface area contributed by atoms with Crippen LogP contribution in [0.5, 0.6) is 0 Å². The summed E-state index contributed by atoms with van der Waals surface area (Å²) < 4.78 is 5.79. The van der Waals surface area contributed by atoms with Crippen LogP contribution in [0, 0.1) is 22.2 Å². The van der Waals surface area contributed by atoms with Crippen LogP contribution >= 0.6 is 0 Å². The van der Waals surface area contributed by atoms with Gasteiger partial charge in [-0.05, 0) is 61.7 Å². The van der Waals surface area contributed by atoms with Gasteiger partial charge in [-0.1, -0.05) is 26.8 Å². The van der Waals surface area contributed by atoms with E-state index in [2.05, 4.69) is 27.4 Å². The Morgan fingerprint density at radius 3 is 2.58 bits per heavy atom. The molecule has 5 atom stereocenters. The largest absolute Gasteiger partial charge is 0.462 e. The van der Waals surface area contributed by atoms with E-state index in [9.17, 15) is 9.59 Å². The third-order valence-electron chi connectivity index (χ3n) is 7.23. The molecular weight excluding hydrogens is 300 g/mol. The molecule has 3 unspecified atom stereocenters. The molecule has 0 spiro atoms. The minimum atomic E-state index is -0.217. The third-order valence-corrected chi connectivity index (χ3v) is 7.23. The van der Waals surface area contributed by atoms with E-state index in [0.29, 0.717) is 17.8 Å². The lowest BCUT2D eigenvalue weighted by Gasteiger charge is -2.55. The number of carbonyl (C=O) groups excluding carboxylic acids is 2. The average Bonchev–Trinajstić information content (AvgIpc) is 2.53. The Bertz CT molecular complexity index is 499. The molecule has 0 aliphatic heterocycles. The second-order valence-corrected chi connectivity index (χ2v) is 8.99. The molecule has 24 heavy (non-hydrogen) atoms. The molecule has 2 fully saturated rings. The summed E-state index contributed by atoms with van der Waals surface area (Å²) in [6, 6.07) is 0. The fourth-order valence-electron chi connectivity index (χ4n) is 5.13. The van der Waals surface area contributed by atoms with Gasteiger partial charge in [0.05, 0.1) is 0 Å². The Hall–Kier alpha value is -1.12. The fourth-order valence-corrected chi connectivity index (χ4v) is 5.13. The van der Waals surface area contributed by atoms with Crippen LogP contribution in [0.2, 0.25) is 0 Å². The van der Waals surface area contributed by atoms with Crippen molar-refractivity contribution in [3.05, 3.63) is 12.7 Å². The second-order valence-electron chi connectivity index (χ2n) is 8.99. The number of aldehydes is 1. The lowest BCUT2D eigenvalue weighted by Crippen LogP contribution is -2.48. The Kier molecular flexibility index (Phi) is 5.61. The first-order valence-corrected chi connectivity index (χ1v) is 9.43. The number of hydrogen-bond donors (Lipinski definition) is 0. The zero-order valence-corrected chi connectivity index (χ0v) is 15.9. The number of fused-ring (bicyclic) bond motifs is 2. The molecule has 0 amide bonds. The first kappa shape index (κ1) is 19.2. The van der Waals surface area contributed by atoms with Gasteiger partial charge in [-0.25, -0.2) is 0 Å².